The number of nitrogens with zero attached hydrogens (tertiary/aromatic N) is 1. The molecule has 0 bridgehead atoms. The Labute approximate surface area is 177 Å². The van der Waals surface area contributed by atoms with Crippen LogP contribution in [0, 0.1) is 0 Å². The van der Waals surface area contributed by atoms with E-state index in [1.54, 1.807) is 49.6 Å². The van der Waals surface area contributed by atoms with Crippen molar-refractivity contribution in [2.45, 2.75) is 0 Å². The zero-order valence-electron chi connectivity index (χ0n) is 15.9. The van der Waals surface area contributed by atoms with Crippen molar-refractivity contribution in [3.63, 3.8) is 0 Å². The molecular formula is C21H18ClNO5S. The molecule has 29 heavy (non-hydrogen) atoms. The molecule has 8 heteroatoms. The average Bonchev–Trinajstić information content (AvgIpc) is 3.03. The molecular weight excluding hydrogens is 414 g/mol. The van der Waals surface area contributed by atoms with Crippen molar-refractivity contribution in [2.24, 2.45) is 4.99 Å². The number of hydrogen-bond donors (Lipinski definition) is 1. The van der Waals surface area contributed by atoms with Gasteiger partial charge in [-0.2, -0.15) is 0 Å². The van der Waals surface area contributed by atoms with Crippen LogP contribution in [-0.4, -0.2) is 37.4 Å². The largest absolute Gasteiger partial charge is 0.506 e. The van der Waals surface area contributed by atoms with Crippen molar-refractivity contribution in [3.8, 4) is 11.5 Å². The number of ether oxygens (including phenoxy) is 3. The van der Waals surface area contributed by atoms with Crippen LogP contribution >= 0.6 is 23.4 Å². The fourth-order valence-corrected chi connectivity index (χ4v) is 3.84. The number of para-hydroxylation sites is 1. The summed E-state index contributed by atoms with van der Waals surface area (Å²) in [6.45, 7) is 0. The highest BCUT2D eigenvalue weighted by atomic mass is 35.5. The predicted octanol–water partition coefficient (Wildman–Crippen LogP) is 5.16. The highest BCUT2D eigenvalue weighted by Crippen LogP contribution is 2.42. The lowest BCUT2D eigenvalue weighted by molar-refractivity contribution is -0.135. The van der Waals surface area contributed by atoms with E-state index in [1.807, 2.05) is 6.07 Å². The van der Waals surface area contributed by atoms with Gasteiger partial charge in [0, 0.05) is 10.6 Å². The molecule has 3 rings (SSSR count). The number of benzene rings is 2. The lowest BCUT2D eigenvalue weighted by atomic mass is 10.1. The van der Waals surface area contributed by atoms with Crippen molar-refractivity contribution in [1.29, 1.82) is 0 Å². The Balaban J connectivity index is 2.08. The predicted molar refractivity (Wildman–Crippen MR) is 115 cm³/mol. The topological polar surface area (TPSA) is 77.4 Å². The van der Waals surface area contributed by atoms with Crippen LogP contribution in [0.2, 0.25) is 5.02 Å². The van der Waals surface area contributed by atoms with Crippen molar-refractivity contribution in [3.05, 3.63) is 69.3 Å². The molecule has 1 aliphatic rings. The number of aliphatic imine (C=N–C) groups is 1. The molecule has 2 aromatic rings. The molecule has 0 unspecified atom stereocenters. The number of hydrogen-bond acceptors (Lipinski definition) is 7. The highest BCUT2D eigenvalue weighted by molar-refractivity contribution is 8.18. The number of carbonyl (C=O) groups is 1. The first-order valence-electron chi connectivity index (χ1n) is 8.45. The van der Waals surface area contributed by atoms with Gasteiger partial charge in [-0.3, -0.25) is 0 Å². The molecule has 1 heterocycles. The second kappa shape index (κ2) is 9.07. The molecule has 0 fully saturated rings. The lowest BCUT2D eigenvalue weighted by Gasteiger charge is -2.10. The maximum Gasteiger partial charge on any atom is 0.344 e. The Morgan fingerprint density at radius 3 is 2.45 bits per heavy atom. The molecule has 150 valence electrons. The summed E-state index contributed by atoms with van der Waals surface area (Å²) in [4.78, 5) is 17.2. The molecule has 0 spiro atoms. The van der Waals surface area contributed by atoms with Gasteiger partial charge < -0.3 is 19.3 Å². The van der Waals surface area contributed by atoms with Crippen molar-refractivity contribution in [1.82, 2.24) is 0 Å². The van der Waals surface area contributed by atoms with Gasteiger partial charge in [0.1, 0.15) is 16.4 Å². The first-order valence-corrected chi connectivity index (χ1v) is 9.65. The minimum atomic E-state index is -0.677. The van der Waals surface area contributed by atoms with E-state index in [1.165, 1.54) is 14.2 Å². The number of thioether (sulfide) groups is 1. The summed E-state index contributed by atoms with van der Waals surface area (Å²) in [6, 6.07) is 12.2. The van der Waals surface area contributed by atoms with Crippen LogP contribution in [0.15, 0.2) is 63.7 Å². The molecule has 0 saturated heterocycles. The van der Waals surface area contributed by atoms with E-state index in [-0.39, 0.29) is 11.3 Å². The standard InChI is InChI=1S/C21H18ClNO5S/c1-26-15-6-4-5-12(19(15)27-2)11-16-18(24)17(21(25)28-3)20(29-16)23-14-9-7-13(22)8-10-14/h4-11,24H,1-3H3/b16-11+,23-20?. The number of aliphatic hydroxyl groups is 1. The van der Waals surface area contributed by atoms with E-state index < -0.39 is 5.97 Å². The fourth-order valence-electron chi connectivity index (χ4n) is 2.69. The first-order chi connectivity index (χ1) is 14.0. The molecule has 0 amide bonds. The zero-order valence-corrected chi connectivity index (χ0v) is 17.5. The van der Waals surface area contributed by atoms with Gasteiger partial charge in [-0.15, -0.1) is 0 Å². The number of halogens is 1. The van der Waals surface area contributed by atoms with Crippen LogP contribution in [0.3, 0.4) is 0 Å². The Bertz CT molecular complexity index is 1030. The molecule has 6 nitrogen and oxygen atoms in total. The molecule has 0 radical (unpaired) electrons. The fraction of sp³-hybridized carbons (Fsp3) is 0.143. The third kappa shape index (κ3) is 4.41. The van der Waals surface area contributed by atoms with E-state index in [9.17, 15) is 9.90 Å². The summed E-state index contributed by atoms with van der Waals surface area (Å²) < 4.78 is 15.6. The van der Waals surface area contributed by atoms with Gasteiger partial charge in [-0.05, 0) is 36.4 Å². The van der Waals surface area contributed by atoms with Gasteiger partial charge in [0.25, 0.3) is 0 Å². The number of methoxy groups -OCH3 is 3. The normalized spacial score (nSPS) is 16.4. The summed E-state index contributed by atoms with van der Waals surface area (Å²) in [5.74, 6) is 0.179. The maximum atomic E-state index is 12.3. The van der Waals surface area contributed by atoms with Gasteiger partial charge in [0.05, 0.1) is 31.9 Å². The second-order valence-corrected chi connectivity index (χ2v) is 7.27. The Morgan fingerprint density at radius 2 is 1.83 bits per heavy atom. The Kier molecular flexibility index (Phi) is 6.51. The van der Waals surface area contributed by atoms with Crippen LogP contribution in [0.1, 0.15) is 5.56 Å². The van der Waals surface area contributed by atoms with Crippen molar-refractivity contribution < 1.29 is 24.1 Å². The minimum Gasteiger partial charge on any atom is -0.506 e. The van der Waals surface area contributed by atoms with E-state index >= 15 is 0 Å². The van der Waals surface area contributed by atoms with E-state index in [0.717, 1.165) is 11.8 Å². The summed E-state index contributed by atoms with van der Waals surface area (Å²) in [5, 5.41) is 11.6. The smallest absolute Gasteiger partial charge is 0.344 e. The Morgan fingerprint density at radius 1 is 1.10 bits per heavy atom. The molecule has 0 saturated carbocycles. The van der Waals surface area contributed by atoms with Crippen LogP contribution in [0.5, 0.6) is 11.5 Å². The van der Waals surface area contributed by atoms with Gasteiger partial charge in [-0.25, -0.2) is 9.79 Å². The maximum absolute atomic E-state index is 12.3. The molecule has 0 aliphatic carbocycles. The van der Waals surface area contributed by atoms with Crippen LogP contribution < -0.4 is 9.47 Å². The number of rotatable bonds is 5. The third-order valence-electron chi connectivity index (χ3n) is 4.06. The minimum absolute atomic E-state index is 0.000521. The summed E-state index contributed by atoms with van der Waals surface area (Å²) in [7, 11) is 4.33. The molecule has 0 aromatic heterocycles. The molecule has 1 N–H and O–H groups in total. The summed E-state index contributed by atoms with van der Waals surface area (Å²) in [5.41, 5.74) is 1.27. The first kappa shape index (κ1) is 20.8. The second-order valence-electron chi connectivity index (χ2n) is 5.80. The van der Waals surface area contributed by atoms with E-state index in [0.29, 0.717) is 37.7 Å². The molecule has 1 aliphatic heterocycles. The zero-order chi connectivity index (χ0) is 21.0. The highest BCUT2D eigenvalue weighted by Gasteiger charge is 2.33. The van der Waals surface area contributed by atoms with Crippen LogP contribution in [-0.2, 0) is 9.53 Å². The van der Waals surface area contributed by atoms with Crippen LogP contribution in [0.4, 0.5) is 5.69 Å². The van der Waals surface area contributed by atoms with Gasteiger partial charge >= 0.3 is 5.97 Å². The molecule has 0 atom stereocenters. The van der Waals surface area contributed by atoms with Crippen molar-refractivity contribution in [2.75, 3.05) is 21.3 Å². The molecule has 2 aromatic carbocycles. The number of carbonyl (C=O) groups excluding carboxylic acids is 1. The van der Waals surface area contributed by atoms with Gasteiger partial charge in [0.15, 0.2) is 11.5 Å². The number of aliphatic hydroxyl groups excluding tert-OH is 1. The van der Waals surface area contributed by atoms with E-state index in [2.05, 4.69) is 4.99 Å². The Hall–Kier alpha value is -2.90. The third-order valence-corrected chi connectivity index (χ3v) is 5.33. The lowest BCUT2D eigenvalue weighted by Crippen LogP contribution is -2.10. The summed E-state index contributed by atoms with van der Waals surface area (Å²) >= 11 is 7.07. The monoisotopic (exact) mass is 431 g/mol. The van der Waals surface area contributed by atoms with Crippen LogP contribution in [0.25, 0.3) is 6.08 Å². The average molecular weight is 432 g/mol. The van der Waals surface area contributed by atoms with Gasteiger partial charge in [0.2, 0.25) is 0 Å². The number of esters is 1. The van der Waals surface area contributed by atoms with E-state index in [4.69, 9.17) is 25.8 Å². The SMILES string of the molecule is COC(=O)C1=C(O)/C(=C\c2cccc(OC)c2OC)SC1=Nc1ccc(Cl)cc1. The quantitative estimate of drug-likeness (QED) is 0.659. The van der Waals surface area contributed by atoms with Gasteiger partial charge in [-0.1, -0.05) is 35.5 Å². The van der Waals surface area contributed by atoms with Crippen molar-refractivity contribution >= 4 is 46.1 Å². The summed E-state index contributed by atoms with van der Waals surface area (Å²) in [6.07, 6.45) is 1.70.